The van der Waals surface area contributed by atoms with Gasteiger partial charge in [-0.05, 0) is 53.8 Å². The van der Waals surface area contributed by atoms with Gasteiger partial charge in [0.1, 0.15) is 11.6 Å². The van der Waals surface area contributed by atoms with Gasteiger partial charge in [-0.25, -0.2) is 9.37 Å². The van der Waals surface area contributed by atoms with Crippen LogP contribution in [0.4, 0.5) is 4.39 Å². The van der Waals surface area contributed by atoms with Gasteiger partial charge in [0.2, 0.25) is 0 Å². The smallest absolute Gasteiger partial charge is 0.125 e. The Labute approximate surface area is 165 Å². The summed E-state index contributed by atoms with van der Waals surface area (Å²) in [6.45, 7) is 0. The van der Waals surface area contributed by atoms with E-state index in [1.807, 2.05) is 0 Å². The molecule has 0 amide bonds. The number of unbranched alkanes of at least 4 members (excludes halogenated alkanes) is 5. The molecule has 0 bridgehead atoms. The maximum Gasteiger partial charge on any atom is 0.125 e. The van der Waals surface area contributed by atoms with Gasteiger partial charge in [-0.3, -0.25) is 0 Å². The number of H-pyrrole nitrogens is 1. The molecule has 3 aromatic carbocycles. The molecule has 0 aliphatic rings. The summed E-state index contributed by atoms with van der Waals surface area (Å²) < 4.78 is 13.2. The number of rotatable bonds is 9. The van der Waals surface area contributed by atoms with Crippen molar-refractivity contribution in [3.8, 4) is 0 Å². The molecule has 1 aromatic heterocycles. The number of aromatic amines is 1. The number of benzene rings is 3. The van der Waals surface area contributed by atoms with Crippen LogP contribution < -0.4 is 0 Å². The zero-order chi connectivity index (χ0) is 19.2. The van der Waals surface area contributed by atoms with E-state index in [1.54, 1.807) is 6.07 Å². The summed E-state index contributed by atoms with van der Waals surface area (Å²) in [6, 6.07) is 20.1. The number of aryl methyl sites for hydroxylation is 2. The zero-order valence-corrected chi connectivity index (χ0v) is 16.3. The molecule has 144 valence electrons. The average Bonchev–Trinajstić information content (AvgIpc) is 3.11. The second-order valence-corrected chi connectivity index (χ2v) is 7.65. The molecule has 0 unspecified atom stereocenters. The van der Waals surface area contributed by atoms with Crippen LogP contribution in [0.3, 0.4) is 0 Å². The maximum absolute atomic E-state index is 13.2. The molecule has 28 heavy (non-hydrogen) atoms. The summed E-state index contributed by atoms with van der Waals surface area (Å²) in [5.74, 6) is 0.753. The highest BCUT2D eigenvalue weighted by molar-refractivity contribution is 5.83. The van der Waals surface area contributed by atoms with E-state index in [0.717, 1.165) is 29.7 Å². The Balaban J connectivity index is 1.12. The number of fused-ring (bicyclic) bond motifs is 2. The quantitative estimate of drug-likeness (QED) is 0.315. The van der Waals surface area contributed by atoms with Crippen molar-refractivity contribution < 1.29 is 4.39 Å². The van der Waals surface area contributed by atoms with E-state index in [2.05, 4.69) is 52.4 Å². The normalized spacial score (nSPS) is 11.5. The second-order valence-electron chi connectivity index (χ2n) is 7.65. The molecule has 0 saturated heterocycles. The van der Waals surface area contributed by atoms with Gasteiger partial charge < -0.3 is 4.98 Å². The van der Waals surface area contributed by atoms with Crippen molar-refractivity contribution >= 4 is 21.8 Å². The minimum absolute atomic E-state index is 0.216. The highest BCUT2D eigenvalue weighted by atomic mass is 19.1. The molecule has 0 aliphatic carbocycles. The van der Waals surface area contributed by atoms with Crippen LogP contribution in [0.1, 0.15) is 49.9 Å². The van der Waals surface area contributed by atoms with Crippen molar-refractivity contribution in [1.29, 1.82) is 0 Å². The van der Waals surface area contributed by atoms with Crippen molar-refractivity contribution in [1.82, 2.24) is 9.97 Å². The van der Waals surface area contributed by atoms with Crippen LogP contribution in [0.5, 0.6) is 0 Å². The first-order valence-electron chi connectivity index (χ1n) is 10.4. The highest BCUT2D eigenvalue weighted by Gasteiger charge is 2.04. The molecule has 0 saturated carbocycles. The number of hydrogen-bond donors (Lipinski definition) is 1. The van der Waals surface area contributed by atoms with E-state index in [4.69, 9.17) is 0 Å². The minimum atomic E-state index is -0.216. The molecular formula is C25H27FN2. The first-order chi connectivity index (χ1) is 13.8. The van der Waals surface area contributed by atoms with E-state index < -0.39 is 0 Å². The highest BCUT2D eigenvalue weighted by Crippen LogP contribution is 2.18. The monoisotopic (exact) mass is 374 g/mol. The van der Waals surface area contributed by atoms with Gasteiger partial charge in [0.05, 0.1) is 11.0 Å². The lowest BCUT2D eigenvalue weighted by atomic mass is 10.0. The number of imidazole rings is 1. The van der Waals surface area contributed by atoms with Crippen molar-refractivity contribution in [2.24, 2.45) is 0 Å². The molecule has 3 heteroatoms. The van der Waals surface area contributed by atoms with Crippen LogP contribution in [-0.2, 0) is 12.8 Å². The van der Waals surface area contributed by atoms with Crippen LogP contribution in [0.15, 0.2) is 60.7 Å². The lowest BCUT2D eigenvalue weighted by molar-refractivity contribution is 0.590. The SMILES string of the molecule is Fc1ccc2nc(CCCCCCCCc3ccc4ccccc4c3)[nH]c2c1. The summed E-state index contributed by atoms with van der Waals surface area (Å²) in [4.78, 5) is 7.76. The average molecular weight is 375 g/mol. The van der Waals surface area contributed by atoms with Crippen LogP contribution in [0.2, 0.25) is 0 Å². The molecule has 0 fully saturated rings. The molecule has 0 aliphatic heterocycles. The number of hydrogen-bond acceptors (Lipinski definition) is 1. The second kappa shape index (κ2) is 9.01. The van der Waals surface area contributed by atoms with Gasteiger partial charge in [0.25, 0.3) is 0 Å². The Hall–Kier alpha value is -2.68. The Morgan fingerprint density at radius 1 is 0.714 bits per heavy atom. The molecule has 2 nitrogen and oxygen atoms in total. The molecule has 4 aromatic rings. The first-order valence-corrected chi connectivity index (χ1v) is 10.4. The van der Waals surface area contributed by atoms with E-state index in [1.165, 1.54) is 67.0 Å². The fourth-order valence-electron chi connectivity index (χ4n) is 3.88. The zero-order valence-electron chi connectivity index (χ0n) is 16.3. The van der Waals surface area contributed by atoms with Crippen molar-refractivity contribution in [2.45, 2.75) is 51.4 Å². The third kappa shape index (κ3) is 4.78. The largest absolute Gasteiger partial charge is 0.342 e. The van der Waals surface area contributed by atoms with E-state index in [9.17, 15) is 4.39 Å². The summed E-state index contributed by atoms with van der Waals surface area (Å²) in [5.41, 5.74) is 3.09. The Morgan fingerprint density at radius 3 is 2.32 bits per heavy atom. The number of nitrogens with zero attached hydrogens (tertiary/aromatic N) is 1. The van der Waals surface area contributed by atoms with Crippen molar-refractivity contribution in [2.75, 3.05) is 0 Å². The number of aromatic nitrogens is 2. The van der Waals surface area contributed by atoms with E-state index in [0.29, 0.717) is 0 Å². The summed E-state index contributed by atoms with van der Waals surface area (Å²) in [7, 11) is 0. The van der Waals surface area contributed by atoms with Gasteiger partial charge in [-0.15, -0.1) is 0 Å². The van der Waals surface area contributed by atoms with Gasteiger partial charge in [-0.2, -0.15) is 0 Å². The molecule has 0 spiro atoms. The maximum atomic E-state index is 13.2. The van der Waals surface area contributed by atoms with Gasteiger partial charge in [-0.1, -0.05) is 68.1 Å². The summed E-state index contributed by atoms with van der Waals surface area (Å²) in [6.07, 6.45) is 9.57. The van der Waals surface area contributed by atoms with Crippen LogP contribution in [-0.4, -0.2) is 9.97 Å². The van der Waals surface area contributed by atoms with Gasteiger partial charge in [0, 0.05) is 6.42 Å². The van der Waals surface area contributed by atoms with Crippen molar-refractivity contribution in [3.63, 3.8) is 0 Å². The Morgan fingerprint density at radius 2 is 1.46 bits per heavy atom. The van der Waals surface area contributed by atoms with Crippen LogP contribution in [0, 0.1) is 5.82 Å². The van der Waals surface area contributed by atoms with Crippen molar-refractivity contribution in [3.05, 3.63) is 77.9 Å². The Kier molecular flexibility index (Phi) is 6.01. The van der Waals surface area contributed by atoms with Crippen LogP contribution >= 0.6 is 0 Å². The fraction of sp³-hybridized carbons (Fsp3) is 0.320. The molecule has 4 rings (SSSR count). The number of halogens is 1. The minimum Gasteiger partial charge on any atom is -0.342 e. The predicted octanol–water partition coefficient (Wildman–Crippen LogP) is 6.98. The first kappa shape index (κ1) is 18.7. The third-order valence-electron chi connectivity index (χ3n) is 5.44. The molecule has 1 N–H and O–H groups in total. The van der Waals surface area contributed by atoms with Crippen LogP contribution in [0.25, 0.3) is 21.8 Å². The molecule has 0 atom stereocenters. The molecular weight excluding hydrogens is 347 g/mol. The number of nitrogens with one attached hydrogen (secondary N) is 1. The topological polar surface area (TPSA) is 28.7 Å². The predicted molar refractivity (Wildman–Crippen MR) is 115 cm³/mol. The van der Waals surface area contributed by atoms with Gasteiger partial charge in [0.15, 0.2) is 0 Å². The fourth-order valence-corrected chi connectivity index (χ4v) is 3.88. The lowest BCUT2D eigenvalue weighted by Crippen LogP contribution is -1.89. The summed E-state index contributed by atoms with van der Waals surface area (Å²) in [5, 5.41) is 2.66. The standard InChI is InChI=1S/C25H27FN2/c26-22-15-16-23-24(18-22)28-25(27-23)12-6-4-2-1-3-5-9-19-13-14-20-10-7-8-11-21(20)17-19/h7-8,10-11,13-18H,1-6,9,12H2,(H,27,28). The third-order valence-corrected chi connectivity index (χ3v) is 5.44. The van der Waals surface area contributed by atoms with Gasteiger partial charge >= 0.3 is 0 Å². The summed E-state index contributed by atoms with van der Waals surface area (Å²) >= 11 is 0. The Bertz CT molecular complexity index is 1050. The molecule has 0 radical (unpaired) electrons. The van der Waals surface area contributed by atoms with E-state index in [-0.39, 0.29) is 5.82 Å². The van der Waals surface area contributed by atoms with E-state index >= 15 is 0 Å². The lowest BCUT2D eigenvalue weighted by Gasteiger charge is -2.04. The molecule has 1 heterocycles.